The summed E-state index contributed by atoms with van der Waals surface area (Å²) in [5.74, 6) is 0. The van der Waals surface area contributed by atoms with Crippen molar-refractivity contribution in [3.8, 4) is 0 Å². The fourth-order valence-corrected chi connectivity index (χ4v) is 2.07. The summed E-state index contributed by atoms with van der Waals surface area (Å²) in [7, 11) is -3.80. The van der Waals surface area contributed by atoms with Gasteiger partial charge in [0, 0.05) is 22.8 Å². The Balaban J connectivity index is 5.44. The highest BCUT2D eigenvalue weighted by Crippen LogP contribution is 2.15. The molecule has 0 N–H and O–H groups in total. The first-order valence-electron chi connectivity index (χ1n) is 6.44. The minimum Gasteiger partial charge on any atom is -0.340 e. The van der Waals surface area contributed by atoms with Crippen LogP contribution in [0.1, 0.15) is 55.4 Å². The van der Waals surface area contributed by atoms with Crippen molar-refractivity contribution in [2.24, 2.45) is 20.6 Å². The molecule has 120 valence electrons. The second-order valence-corrected chi connectivity index (χ2v) is 6.75. The minimum absolute atomic E-state index is 0.661. The Morgan fingerprint density at radius 2 is 0.667 bits per heavy atom. The molecule has 0 unspecified atom stereocenters. The quantitative estimate of drug-likeness (QED) is 0.391. The molecule has 0 rings (SSSR count). The summed E-state index contributed by atoms with van der Waals surface area (Å²) in [6.07, 6.45) is 0. The van der Waals surface area contributed by atoms with Crippen molar-refractivity contribution >= 4 is 31.9 Å². The molecular formula is C12H24N4O4Si. The van der Waals surface area contributed by atoms with E-state index in [1.165, 1.54) is 0 Å². The van der Waals surface area contributed by atoms with Gasteiger partial charge in [0.05, 0.1) is 0 Å². The second-order valence-electron chi connectivity index (χ2n) is 5.02. The van der Waals surface area contributed by atoms with E-state index in [0.29, 0.717) is 22.8 Å². The molecule has 21 heavy (non-hydrogen) atoms. The third-order valence-electron chi connectivity index (χ3n) is 1.36. The molecule has 0 radical (unpaired) electrons. The van der Waals surface area contributed by atoms with Gasteiger partial charge in [0.1, 0.15) is 0 Å². The van der Waals surface area contributed by atoms with Crippen LogP contribution in [0.15, 0.2) is 20.6 Å². The number of nitrogens with zero attached hydrogens (tertiary/aromatic N) is 4. The standard InChI is InChI=1S/C12H24N4O4Si/c1-9(2)13-17-21(18-14-10(3)4,19-15-11(5)6)20-16-12(7)8/h1-8H3. The molecule has 8 nitrogen and oxygen atoms in total. The van der Waals surface area contributed by atoms with Crippen LogP contribution in [-0.2, 0) is 18.1 Å². The Hall–Kier alpha value is -1.90. The number of rotatable bonds is 8. The molecule has 0 amide bonds. The average Bonchev–Trinajstić information content (AvgIpc) is 2.36. The normalized spacial score (nSPS) is 9.90. The van der Waals surface area contributed by atoms with Crippen LogP contribution in [0.4, 0.5) is 0 Å². The first-order valence-corrected chi connectivity index (χ1v) is 8.07. The first kappa shape index (κ1) is 19.1. The van der Waals surface area contributed by atoms with Gasteiger partial charge in [-0.3, -0.25) is 0 Å². The molecule has 9 heteroatoms. The fourth-order valence-electron chi connectivity index (χ4n) is 0.689. The number of hydrogen-bond donors (Lipinski definition) is 0. The van der Waals surface area contributed by atoms with Crippen LogP contribution in [0.2, 0.25) is 0 Å². The topological polar surface area (TPSA) is 86.4 Å². The highest BCUT2D eigenvalue weighted by atomic mass is 28.4. The highest BCUT2D eigenvalue weighted by molar-refractivity contribution is 6.53. The van der Waals surface area contributed by atoms with Gasteiger partial charge in [-0.2, -0.15) is 0 Å². The third-order valence-corrected chi connectivity index (χ3v) is 2.62. The summed E-state index contributed by atoms with van der Waals surface area (Å²) in [5, 5.41) is 15.3. The van der Waals surface area contributed by atoms with Crippen LogP contribution in [0.3, 0.4) is 0 Å². The third kappa shape index (κ3) is 9.60. The van der Waals surface area contributed by atoms with E-state index in [1.54, 1.807) is 55.4 Å². The predicted molar refractivity (Wildman–Crippen MR) is 85.2 cm³/mol. The molecule has 0 saturated carbocycles. The number of oxime groups is 4. The molecule has 0 spiro atoms. The maximum atomic E-state index is 5.28. The van der Waals surface area contributed by atoms with Crippen molar-refractivity contribution in [3.63, 3.8) is 0 Å². The Morgan fingerprint density at radius 3 is 0.810 bits per heavy atom. The maximum Gasteiger partial charge on any atom is 1.05 e. The highest BCUT2D eigenvalue weighted by Gasteiger charge is 2.62. The molecule has 0 bridgehead atoms. The van der Waals surface area contributed by atoms with Gasteiger partial charge in [-0.15, -0.1) is 20.6 Å². The monoisotopic (exact) mass is 316 g/mol. The second kappa shape index (κ2) is 9.11. The molecule has 0 aliphatic heterocycles. The Bertz CT molecular complexity index is 359. The zero-order valence-electron chi connectivity index (χ0n) is 13.9. The Labute approximate surface area is 126 Å². The van der Waals surface area contributed by atoms with Crippen molar-refractivity contribution in [1.82, 2.24) is 0 Å². The van der Waals surface area contributed by atoms with Crippen molar-refractivity contribution in [2.75, 3.05) is 0 Å². The molecule has 0 aromatic heterocycles. The van der Waals surface area contributed by atoms with Crippen LogP contribution >= 0.6 is 0 Å². The van der Waals surface area contributed by atoms with E-state index in [1.807, 2.05) is 0 Å². The van der Waals surface area contributed by atoms with E-state index in [2.05, 4.69) is 20.6 Å². The van der Waals surface area contributed by atoms with E-state index in [0.717, 1.165) is 0 Å². The van der Waals surface area contributed by atoms with E-state index in [4.69, 9.17) is 18.1 Å². The molecule has 0 atom stereocenters. The van der Waals surface area contributed by atoms with Crippen LogP contribution < -0.4 is 0 Å². The van der Waals surface area contributed by atoms with Crippen molar-refractivity contribution in [1.29, 1.82) is 0 Å². The van der Waals surface area contributed by atoms with E-state index in [9.17, 15) is 0 Å². The van der Waals surface area contributed by atoms with Crippen molar-refractivity contribution < 1.29 is 18.1 Å². The lowest BCUT2D eigenvalue weighted by Crippen LogP contribution is -2.44. The van der Waals surface area contributed by atoms with Gasteiger partial charge in [0.2, 0.25) is 0 Å². The van der Waals surface area contributed by atoms with Crippen LogP contribution in [0, 0.1) is 0 Å². The van der Waals surface area contributed by atoms with Gasteiger partial charge >= 0.3 is 9.05 Å². The van der Waals surface area contributed by atoms with Crippen LogP contribution in [-0.4, -0.2) is 31.9 Å². The first-order chi connectivity index (χ1) is 9.67. The van der Waals surface area contributed by atoms with Gasteiger partial charge in [-0.1, -0.05) is 0 Å². The van der Waals surface area contributed by atoms with E-state index >= 15 is 0 Å². The van der Waals surface area contributed by atoms with Gasteiger partial charge < -0.3 is 18.1 Å². The van der Waals surface area contributed by atoms with Crippen LogP contribution in [0.5, 0.6) is 0 Å². The largest absolute Gasteiger partial charge is 1.05 e. The lowest BCUT2D eigenvalue weighted by molar-refractivity contribution is -0.0317. The zero-order valence-corrected chi connectivity index (χ0v) is 14.9. The lowest BCUT2D eigenvalue weighted by Gasteiger charge is -2.17. The molecular weight excluding hydrogens is 292 g/mol. The Kier molecular flexibility index (Phi) is 8.28. The molecule has 0 aromatic carbocycles. The van der Waals surface area contributed by atoms with Crippen LogP contribution in [0.25, 0.3) is 0 Å². The molecule has 0 aromatic rings. The van der Waals surface area contributed by atoms with Gasteiger partial charge in [0.15, 0.2) is 0 Å². The fraction of sp³-hybridized carbons (Fsp3) is 0.667. The van der Waals surface area contributed by atoms with Gasteiger partial charge in [0.25, 0.3) is 0 Å². The maximum absolute atomic E-state index is 5.28. The zero-order chi connectivity index (χ0) is 16.5. The summed E-state index contributed by atoms with van der Waals surface area (Å²) >= 11 is 0. The van der Waals surface area contributed by atoms with Gasteiger partial charge in [-0.25, -0.2) is 0 Å². The smallest absolute Gasteiger partial charge is 0.340 e. The summed E-state index contributed by atoms with van der Waals surface area (Å²) in [5.41, 5.74) is 2.65. The van der Waals surface area contributed by atoms with E-state index < -0.39 is 9.05 Å². The molecule has 0 saturated heterocycles. The van der Waals surface area contributed by atoms with Gasteiger partial charge in [-0.05, 0) is 55.4 Å². The number of hydrogen-bond acceptors (Lipinski definition) is 8. The van der Waals surface area contributed by atoms with E-state index in [-0.39, 0.29) is 0 Å². The molecule has 0 heterocycles. The average molecular weight is 316 g/mol. The van der Waals surface area contributed by atoms with Crippen molar-refractivity contribution in [3.05, 3.63) is 0 Å². The minimum atomic E-state index is -3.80. The molecule has 0 aliphatic carbocycles. The predicted octanol–water partition coefficient (Wildman–Crippen LogP) is 3.07. The lowest BCUT2D eigenvalue weighted by atomic mass is 10.5. The van der Waals surface area contributed by atoms with Crippen molar-refractivity contribution in [2.45, 2.75) is 55.4 Å². The molecule has 0 aliphatic rings. The summed E-state index contributed by atoms with van der Waals surface area (Å²) in [6, 6.07) is 0. The SMILES string of the molecule is CC(C)=NO[Si](ON=C(C)C)(ON=C(C)C)ON=C(C)C. The summed E-state index contributed by atoms with van der Waals surface area (Å²) in [6.45, 7) is 14.1. The summed E-state index contributed by atoms with van der Waals surface area (Å²) in [4.78, 5) is 0. The molecule has 0 fully saturated rings. The summed E-state index contributed by atoms with van der Waals surface area (Å²) < 4.78 is 21.1. The Morgan fingerprint density at radius 1 is 0.476 bits per heavy atom.